The summed E-state index contributed by atoms with van der Waals surface area (Å²) in [4.78, 5) is 11.0. The van der Waals surface area contributed by atoms with E-state index in [1.807, 2.05) is 39.2 Å². The second-order valence-corrected chi connectivity index (χ2v) is 3.76. The van der Waals surface area contributed by atoms with Crippen LogP contribution in [0.2, 0.25) is 5.02 Å². The number of carbonyl (C=O) groups excluding carboxylic acids is 1. The Morgan fingerprint density at radius 2 is 1.80 bits per heavy atom. The van der Waals surface area contributed by atoms with Gasteiger partial charge in [-0.15, -0.1) is 0 Å². The Labute approximate surface area is 96.6 Å². The SMILES string of the molecule is CC(=O)C(C)c1ccccc1Cl.CNC. The molecule has 1 aromatic carbocycles. The molecular weight excluding hydrogens is 210 g/mol. The fourth-order valence-corrected chi connectivity index (χ4v) is 1.34. The molecule has 0 aliphatic rings. The van der Waals surface area contributed by atoms with E-state index < -0.39 is 0 Å². The molecule has 1 atom stereocenters. The van der Waals surface area contributed by atoms with Crippen LogP contribution in [-0.2, 0) is 4.79 Å². The second kappa shape index (κ2) is 7.43. The summed E-state index contributed by atoms with van der Waals surface area (Å²) >= 11 is 5.91. The van der Waals surface area contributed by atoms with Crippen molar-refractivity contribution in [2.24, 2.45) is 0 Å². The minimum Gasteiger partial charge on any atom is -0.323 e. The Kier molecular flexibility index (Phi) is 7.01. The molecule has 1 aromatic rings. The summed E-state index contributed by atoms with van der Waals surface area (Å²) < 4.78 is 0. The Morgan fingerprint density at radius 1 is 1.33 bits per heavy atom. The monoisotopic (exact) mass is 227 g/mol. The van der Waals surface area contributed by atoms with E-state index in [0.717, 1.165) is 5.56 Å². The van der Waals surface area contributed by atoms with Crippen molar-refractivity contribution in [1.29, 1.82) is 0 Å². The normalized spacial score (nSPS) is 11.3. The van der Waals surface area contributed by atoms with Crippen molar-refractivity contribution in [3.63, 3.8) is 0 Å². The molecule has 0 bridgehead atoms. The third kappa shape index (κ3) is 4.96. The van der Waals surface area contributed by atoms with Gasteiger partial charge in [-0.3, -0.25) is 4.79 Å². The van der Waals surface area contributed by atoms with Gasteiger partial charge in [0.05, 0.1) is 0 Å². The summed E-state index contributed by atoms with van der Waals surface area (Å²) in [6, 6.07) is 7.43. The Balaban J connectivity index is 0.000000583. The van der Waals surface area contributed by atoms with Gasteiger partial charge in [-0.1, -0.05) is 36.7 Å². The van der Waals surface area contributed by atoms with Crippen molar-refractivity contribution < 1.29 is 4.79 Å². The standard InChI is InChI=1S/C10H11ClO.C2H7N/c1-7(8(2)12)9-5-3-4-6-10(9)11;1-3-2/h3-7H,1-2H3;3H,1-2H3. The van der Waals surface area contributed by atoms with Crippen LogP contribution in [0, 0.1) is 0 Å². The molecule has 0 saturated heterocycles. The van der Waals surface area contributed by atoms with Crippen LogP contribution in [0.1, 0.15) is 25.3 Å². The van der Waals surface area contributed by atoms with Crippen LogP contribution in [0.5, 0.6) is 0 Å². The molecule has 3 heteroatoms. The van der Waals surface area contributed by atoms with Crippen LogP contribution in [0.4, 0.5) is 0 Å². The highest BCUT2D eigenvalue weighted by Gasteiger charge is 2.12. The predicted molar refractivity (Wildman–Crippen MR) is 65.5 cm³/mol. The molecule has 0 aliphatic carbocycles. The fourth-order valence-electron chi connectivity index (χ4n) is 1.05. The molecule has 0 aromatic heterocycles. The Bertz CT molecular complexity index is 312. The number of rotatable bonds is 2. The zero-order valence-corrected chi connectivity index (χ0v) is 10.4. The van der Waals surface area contributed by atoms with Crippen LogP contribution >= 0.6 is 11.6 Å². The van der Waals surface area contributed by atoms with Gasteiger partial charge in [0.1, 0.15) is 5.78 Å². The van der Waals surface area contributed by atoms with Gasteiger partial charge in [-0.05, 0) is 32.6 Å². The first-order chi connectivity index (χ1) is 7.04. The van der Waals surface area contributed by atoms with Gasteiger partial charge in [0.25, 0.3) is 0 Å². The number of hydrogen-bond acceptors (Lipinski definition) is 2. The van der Waals surface area contributed by atoms with Crippen molar-refractivity contribution in [3.05, 3.63) is 34.9 Å². The van der Waals surface area contributed by atoms with E-state index in [4.69, 9.17) is 11.6 Å². The van der Waals surface area contributed by atoms with E-state index in [1.165, 1.54) is 0 Å². The third-order valence-electron chi connectivity index (χ3n) is 1.98. The molecule has 1 rings (SSSR count). The van der Waals surface area contributed by atoms with Crippen molar-refractivity contribution in [1.82, 2.24) is 5.32 Å². The Hall–Kier alpha value is -0.860. The predicted octanol–water partition coefficient (Wildman–Crippen LogP) is 2.87. The summed E-state index contributed by atoms with van der Waals surface area (Å²) in [5.41, 5.74) is 0.909. The lowest BCUT2D eigenvalue weighted by Gasteiger charge is -2.08. The van der Waals surface area contributed by atoms with E-state index in [-0.39, 0.29) is 11.7 Å². The molecule has 0 aliphatic heterocycles. The number of nitrogens with one attached hydrogen (secondary N) is 1. The highest BCUT2D eigenvalue weighted by atomic mass is 35.5. The van der Waals surface area contributed by atoms with Crippen LogP contribution in [0.3, 0.4) is 0 Å². The van der Waals surface area contributed by atoms with Gasteiger partial charge < -0.3 is 5.32 Å². The lowest BCUT2D eigenvalue weighted by atomic mass is 9.98. The van der Waals surface area contributed by atoms with Gasteiger partial charge in [0.15, 0.2) is 0 Å². The summed E-state index contributed by atoms with van der Waals surface area (Å²) in [5, 5.41) is 3.42. The minimum absolute atomic E-state index is 0.0984. The van der Waals surface area contributed by atoms with Crippen LogP contribution < -0.4 is 5.32 Å². The smallest absolute Gasteiger partial charge is 0.137 e. The lowest BCUT2D eigenvalue weighted by molar-refractivity contribution is -0.118. The first-order valence-corrected chi connectivity index (χ1v) is 5.25. The van der Waals surface area contributed by atoms with Crippen LogP contribution in [-0.4, -0.2) is 19.9 Å². The zero-order chi connectivity index (χ0) is 11.8. The van der Waals surface area contributed by atoms with E-state index in [1.54, 1.807) is 13.0 Å². The maximum Gasteiger partial charge on any atom is 0.137 e. The molecule has 0 heterocycles. The third-order valence-corrected chi connectivity index (χ3v) is 2.33. The zero-order valence-electron chi connectivity index (χ0n) is 9.67. The number of ketones is 1. The summed E-state index contributed by atoms with van der Waals surface area (Å²) in [7, 11) is 3.75. The molecule has 2 nitrogen and oxygen atoms in total. The summed E-state index contributed by atoms with van der Waals surface area (Å²) in [6.07, 6.45) is 0. The van der Waals surface area contributed by atoms with Crippen molar-refractivity contribution in [3.8, 4) is 0 Å². The van der Waals surface area contributed by atoms with Crippen molar-refractivity contribution in [2.45, 2.75) is 19.8 Å². The second-order valence-electron chi connectivity index (χ2n) is 3.35. The largest absolute Gasteiger partial charge is 0.323 e. The van der Waals surface area contributed by atoms with Crippen molar-refractivity contribution in [2.75, 3.05) is 14.1 Å². The first kappa shape index (κ1) is 14.1. The van der Waals surface area contributed by atoms with Gasteiger partial charge >= 0.3 is 0 Å². The topological polar surface area (TPSA) is 29.1 Å². The quantitative estimate of drug-likeness (QED) is 0.842. The molecule has 0 fully saturated rings. The highest BCUT2D eigenvalue weighted by molar-refractivity contribution is 6.31. The Morgan fingerprint density at radius 3 is 2.20 bits per heavy atom. The number of Topliss-reactive ketones (excluding diaryl/α,β-unsaturated/α-hetero) is 1. The molecule has 84 valence electrons. The average Bonchev–Trinajstić information content (AvgIpc) is 2.18. The molecule has 0 saturated carbocycles. The number of halogens is 1. The van der Waals surface area contributed by atoms with E-state index in [2.05, 4.69) is 5.32 Å². The highest BCUT2D eigenvalue weighted by Crippen LogP contribution is 2.24. The van der Waals surface area contributed by atoms with Gasteiger partial charge in [0, 0.05) is 10.9 Å². The molecule has 15 heavy (non-hydrogen) atoms. The minimum atomic E-state index is -0.0984. The maximum absolute atomic E-state index is 11.0. The number of benzene rings is 1. The van der Waals surface area contributed by atoms with Crippen molar-refractivity contribution >= 4 is 17.4 Å². The molecule has 0 radical (unpaired) electrons. The van der Waals surface area contributed by atoms with Gasteiger partial charge in [-0.2, -0.15) is 0 Å². The molecule has 1 N–H and O–H groups in total. The fraction of sp³-hybridized carbons (Fsp3) is 0.417. The van der Waals surface area contributed by atoms with E-state index >= 15 is 0 Å². The van der Waals surface area contributed by atoms with Crippen LogP contribution in [0.25, 0.3) is 0 Å². The molecule has 1 unspecified atom stereocenters. The maximum atomic E-state index is 11.0. The molecular formula is C12H18ClNO. The summed E-state index contributed by atoms with van der Waals surface area (Å²) in [5.74, 6) is 0.0433. The van der Waals surface area contributed by atoms with Crippen LogP contribution in [0.15, 0.2) is 24.3 Å². The first-order valence-electron chi connectivity index (χ1n) is 4.88. The average molecular weight is 228 g/mol. The number of carbonyl (C=O) groups is 1. The van der Waals surface area contributed by atoms with E-state index in [0.29, 0.717) is 5.02 Å². The lowest BCUT2D eigenvalue weighted by Crippen LogP contribution is -2.04. The number of hydrogen-bond donors (Lipinski definition) is 1. The van der Waals surface area contributed by atoms with E-state index in [9.17, 15) is 4.79 Å². The summed E-state index contributed by atoms with van der Waals surface area (Å²) in [6.45, 7) is 3.44. The van der Waals surface area contributed by atoms with Gasteiger partial charge in [0.2, 0.25) is 0 Å². The molecule has 0 amide bonds. The molecule has 0 spiro atoms. The van der Waals surface area contributed by atoms with Gasteiger partial charge in [-0.25, -0.2) is 0 Å².